The van der Waals surface area contributed by atoms with Crippen LogP contribution in [0.3, 0.4) is 0 Å². The van der Waals surface area contributed by atoms with E-state index in [1.807, 2.05) is 17.8 Å². The first kappa shape index (κ1) is 15.0. The third-order valence-corrected chi connectivity index (χ3v) is 4.50. The summed E-state index contributed by atoms with van der Waals surface area (Å²) in [6, 6.07) is 8.58. The highest BCUT2D eigenvalue weighted by atomic mass is 79.9. The van der Waals surface area contributed by atoms with Crippen molar-refractivity contribution >= 4 is 27.7 Å². The van der Waals surface area contributed by atoms with Crippen LogP contribution < -0.4 is 5.73 Å². The summed E-state index contributed by atoms with van der Waals surface area (Å²) >= 11 is 5.38. The minimum Gasteiger partial charge on any atom is -0.384 e. The molecule has 0 saturated carbocycles. The van der Waals surface area contributed by atoms with E-state index in [2.05, 4.69) is 41.1 Å². The highest BCUT2D eigenvalue weighted by Crippen LogP contribution is 2.33. The molecule has 0 aliphatic heterocycles. The van der Waals surface area contributed by atoms with Gasteiger partial charge in [0.05, 0.1) is 6.61 Å². The van der Waals surface area contributed by atoms with Crippen LogP contribution in [-0.4, -0.2) is 25.5 Å². The molecule has 0 aromatic heterocycles. The van der Waals surface area contributed by atoms with Gasteiger partial charge in [-0.25, -0.2) is 0 Å². The van der Waals surface area contributed by atoms with Gasteiger partial charge in [0.15, 0.2) is 0 Å². The van der Waals surface area contributed by atoms with Crippen LogP contribution in [0.2, 0.25) is 0 Å². The van der Waals surface area contributed by atoms with Crippen molar-refractivity contribution < 1.29 is 4.74 Å². The van der Waals surface area contributed by atoms with Gasteiger partial charge in [-0.15, -0.1) is 11.8 Å². The first-order valence-corrected chi connectivity index (χ1v) is 7.64. The summed E-state index contributed by atoms with van der Waals surface area (Å²) in [6.07, 6.45) is 0.983. The molecular weight excluding hydrogens is 298 g/mol. The Morgan fingerprint density at radius 3 is 2.82 bits per heavy atom. The maximum Gasteiger partial charge on any atom is 0.0553 e. The third kappa shape index (κ3) is 5.00. The van der Waals surface area contributed by atoms with Gasteiger partial charge in [-0.2, -0.15) is 0 Å². The van der Waals surface area contributed by atoms with Gasteiger partial charge in [-0.3, -0.25) is 0 Å². The zero-order chi connectivity index (χ0) is 12.7. The molecule has 2 nitrogen and oxygen atoms in total. The molecule has 0 bridgehead atoms. The SMILES string of the molecule is CCC(N)C(SCCOC)c1cccc(Br)c1. The summed E-state index contributed by atoms with van der Waals surface area (Å²) in [5.41, 5.74) is 7.49. The van der Waals surface area contributed by atoms with E-state index in [0.29, 0.717) is 5.25 Å². The minimum absolute atomic E-state index is 0.186. The molecule has 0 fully saturated rings. The summed E-state index contributed by atoms with van der Waals surface area (Å²) in [5.74, 6) is 0.974. The average Bonchev–Trinajstić information content (AvgIpc) is 2.34. The first-order chi connectivity index (χ1) is 8.19. The molecule has 0 heterocycles. The molecule has 2 atom stereocenters. The second kappa shape index (κ2) is 8.14. The van der Waals surface area contributed by atoms with E-state index in [1.54, 1.807) is 7.11 Å². The predicted molar refractivity (Wildman–Crippen MR) is 79.5 cm³/mol. The minimum atomic E-state index is 0.186. The molecule has 1 rings (SSSR count). The number of methoxy groups -OCH3 is 1. The summed E-state index contributed by atoms with van der Waals surface area (Å²) in [4.78, 5) is 0. The Morgan fingerprint density at radius 1 is 1.47 bits per heavy atom. The number of hydrogen-bond donors (Lipinski definition) is 1. The Kier molecular flexibility index (Phi) is 7.19. The average molecular weight is 318 g/mol. The number of halogens is 1. The van der Waals surface area contributed by atoms with E-state index in [9.17, 15) is 0 Å². The number of hydrogen-bond acceptors (Lipinski definition) is 3. The normalized spacial score (nSPS) is 14.6. The van der Waals surface area contributed by atoms with Crippen molar-refractivity contribution in [2.75, 3.05) is 19.5 Å². The van der Waals surface area contributed by atoms with E-state index < -0.39 is 0 Å². The van der Waals surface area contributed by atoms with Gasteiger partial charge in [-0.05, 0) is 24.1 Å². The lowest BCUT2D eigenvalue weighted by Gasteiger charge is -2.23. The fourth-order valence-corrected chi connectivity index (χ4v) is 3.34. The lowest BCUT2D eigenvalue weighted by atomic mass is 10.0. The monoisotopic (exact) mass is 317 g/mol. The van der Waals surface area contributed by atoms with Crippen LogP contribution in [0.4, 0.5) is 0 Å². The predicted octanol–water partition coefficient (Wildman–Crippen LogP) is 3.61. The quantitative estimate of drug-likeness (QED) is 0.780. The van der Waals surface area contributed by atoms with Crippen LogP contribution in [0.25, 0.3) is 0 Å². The van der Waals surface area contributed by atoms with Crippen molar-refractivity contribution in [3.8, 4) is 0 Å². The maximum absolute atomic E-state index is 6.20. The highest BCUT2D eigenvalue weighted by molar-refractivity contribution is 9.10. The van der Waals surface area contributed by atoms with E-state index in [0.717, 1.165) is 23.3 Å². The summed E-state index contributed by atoms with van der Waals surface area (Å²) in [7, 11) is 1.73. The largest absolute Gasteiger partial charge is 0.384 e. The molecule has 0 spiro atoms. The van der Waals surface area contributed by atoms with Crippen LogP contribution in [-0.2, 0) is 4.74 Å². The Bertz CT molecular complexity index is 335. The molecule has 96 valence electrons. The fourth-order valence-electron chi connectivity index (χ4n) is 1.62. The third-order valence-electron chi connectivity index (χ3n) is 2.62. The van der Waals surface area contributed by atoms with Gasteiger partial charge >= 0.3 is 0 Å². The molecule has 4 heteroatoms. The molecule has 1 aromatic carbocycles. The van der Waals surface area contributed by atoms with Gasteiger partial charge in [-0.1, -0.05) is 35.0 Å². The van der Waals surface area contributed by atoms with Gasteiger partial charge < -0.3 is 10.5 Å². The lowest BCUT2D eigenvalue weighted by molar-refractivity contribution is 0.218. The van der Waals surface area contributed by atoms with Crippen molar-refractivity contribution in [1.29, 1.82) is 0 Å². The van der Waals surface area contributed by atoms with E-state index in [-0.39, 0.29) is 6.04 Å². The van der Waals surface area contributed by atoms with Crippen LogP contribution in [0.1, 0.15) is 24.2 Å². The van der Waals surface area contributed by atoms with Crippen LogP contribution in [0, 0.1) is 0 Å². The number of benzene rings is 1. The molecule has 2 N–H and O–H groups in total. The molecule has 0 saturated heterocycles. The maximum atomic E-state index is 6.20. The molecule has 0 aliphatic carbocycles. The van der Waals surface area contributed by atoms with Gasteiger partial charge in [0.2, 0.25) is 0 Å². The Hall–Kier alpha value is -0.0300. The van der Waals surface area contributed by atoms with Crippen molar-refractivity contribution in [2.24, 2.45) is 5.73 Å². The van der Waals surface area contributed by atoms with Gasteiger partial charge in [0, 0.05) is 28.6 Å². The highest BCUT2D eigenvalue weighted by Gasteiger charge is 2.18. The number of thioether (sulfide) groups is 1. The molecule has 2 unspecified atom stereocenters. The van der Waals surface area contributed by atoms with Crippen molar-refractivity contribution in [3.05, 3.63) is 34.3 Å². The van der Waals surface area contributed by atoms with Crippen molar-refractivity contribution in [1.82, 2.24) is 0 Å². The second-order valence-corrected chi connectivity index (χ2v) is 6.08. The molecule has 1 aromatic rings. The van der Waals surface area contributed by atoms with Gasteiger partial charge in [0.1, 0.15) is 0 Å². The van der Waals surface area contributed by atoms with Gasteiger partial charge in [0.25, 0.3) is 0 Å². The van der Waals surface area contributed by atoms with Crippen molar-refractivity contribution in [3.63, 3.8) is 0 Å². The number of rotatable bonds is 7. The van der Waals surface area contributed by atoms with E-state index in [1.165, 1.54) is 5.56 Å². The van der Waals surface area contributed by atoms with E-state index >= 15 is 0 Å². The first-order valence-electron chi connectivity index (χ1n) is 5.80. The van der Waals surface area contributed by atoms with Crippen molar-refractivity contribution in [2.45, 2.75) is 24.6 Å². The number of nitrogens with two attached hydrogens (primary N) is 1. The zero-order valence-corrected chi connectivity index (χ0v) is 12.8. The Balaban J connectivity index is 2.74. The fraction of sp³-hybridized carbons (Fsp3) is 0.538. The summed E-state index contributed by atoms with van der Waals surface area (Å²) < 4.78 is 6.20. The molecule has 0 amide bonds. The smallest absolute Gasteiger partial charge is 0.0553 e. The second-order valence-electron chi connectivity index (χ2n) is 3.91. The molecule has 0 aliphatic rings. The van der Waals surface area contributed by atoms with Crippen LogP contribution >= 0.6 is 27.7 Å². The Morgan fingerprint density at radius 2 is 2.24 bits per heavy atom. The summed E-state index contributed by atoms with van der Waals surface area (Å²) in [6.45, 7) is 2.90. The van der Waals surface area contributed by atoms with Crippen LogP contribution in [0.5, 0.6) is 0 Å². The molecular formula is C13H20BrNOS. The Labute approximate surface area is 116 Å². The molecule has 17 heavy (non-hydrogen) atoms. The lowest BCUT2D eigenvalue weighted by Crippen LogP contribution is -2.26. The van der Waals surface area contributed by atoms with E-state index in [4.69, 9.17) is 10.5 Å². The topological polar surface area (TPSA) is 35.2 Å². The molecule has 0 radical (unpaired) electrons. The zero-order valence-electron chi connectivity index (χ0n) is 10.4. The summed E-state index contributed by atoms with van der Waals surface area (Å²) in [5, 5.41) is 0.340. The van der Waals surface area contributed by atoms with Crippen LogP contribution in [0.15, 0.2) is 28.7 Å². The standard InChI is InChI=1S/C13H20BrNOS/c1-3-12(15)13(17-8-7-16-2)10-5-4-6-11(14)9-10/h4-6,9,12-13H,3,7-8,15H2,1-2H3. The number of ether oxygens (including phenoxy) is 1.